The van der Waals surface area contributed by atoms with Crippen LogP contribution in [0, 0.1) is 5.92 Å². The van der Waals surface area contributed by atoms with Crippen LogP contribution in [0.5, 0.6) is 0 Å². The van der Waals surface area contributed by atoms with Crippen LogP contribution in [0.25, 0.3) is 0 Å². The summed E-state index contributed by atoms with van der Waals surface area (Å²) in [5, 5.41) is 0. The molecule has 1 aliphatic heterocycles. The average Bonchev–Trinajstić information content (AvgIpc) is 2.35. The van der Waals surface area contributed by atoms with E-state index in [1.165, 1.54) is 5.56 Å². The number of sulfonamides is 1. The summed E-state index contributed by atoms with van der Waals surface area (Å²) < 4.78 is 25.0. The van der Waals surface area contributed by atoms with E-state index in [2.05, 4.69) is 4.72 Å². The summed E-state index contributed by atoms with van der Waals surface area (Å²) in [6.07, 6.45) is 1.94. The second-order valence-electron chi connectivity index (χ2n) is 5.52. The lowest BCUT2D eigenvalue weighted by Crippen LogP contribution is -2.38. The molecule has 110 valence electrons. The molecular formula is C14H20N2O3S. The summed E-state index contributed by atoms with van der Waals surface area (Å²) in [6.45, 7) is 5.05. The summed E-state index contributed by atoms with van der Waals surface area (Å²) in [6, 6.07) is 5.51. The van der Waals surface area contributed by atoms with Gasteiger partial charge in [-0.2, -0.15) is 0 Å². The van der Waals surface area contributed by atoms with Gasteiger partial charge in [-0.1, -0.05) is 19.9 Å². The molecule has 0 saturated carbocycles. The van der Waals surface area contributed by atoms with Gasteiger partial charge in [0.2, 0.25) is 15.9 Å². The van der Waals surface area contributed by atoms with Crippen molar-refractivity contribution < 1.29 is 13.2 Å². The molecule has 0 aromatic heterocycles. The number of fused-ring (bicyclic) bond motifs is 1. The number of nitrogens with one attached hydrogen (secondary N) is 1. The van der Waals surface area contributed by atoms with E-state index < -0.39 is 10.0 Å². The summed E-state index contributed by atoms with van der Waals surface area (Å²) in [5.74, 6) is 0.117. The molecule has 2 rings (SSSR count). The molecule has 0 unspecified atom stereocenters. The number of amides is 1. The van der Waals surface area contributed by atoms with Gasteiger partial charge in [0, 0.05) is 24.7 Å². The second-order valence-corrected chi connectivity index (χ2v) is 7.27. The predicted octanol–water partition coefficient (Wildman–Crippen LogP) is 1.60. The van der Waals surface area contributed by atoms with Crippen LogP contribution in [0.4, 0.5) is 5.69 Å². The van der Waals surface area contributed by atoms with Gasteiger partial charge in [0.05, 0.1) is 6.26 Å². The Morgan fingerprint density at radius 1 is 1.30 bits per heavy atom. The fraction of sp³-hybridized carbons (Fsp3) is 0.500. The summed E-state index contributed by atoms with van der Waals surface area (Å²) in [7, 11) is -3.28. The minimum atomic E-state index is -3.28. The number of rotatable bonds is 3. The normalized spacial score (nSPS) is 15.1. The van der Waals surface area contributed by atoms with Gasteiger partial charge in [0.25, 0.3) is 0 Å². The van der Waals surface area contributed by atoms with E-state index in [0.717, 1.165) is 24.8 Å². The molecule has 0 fully saturated rings. The molecule has 0 spiro atoms. The van der Waals surface area contributed by atoms with Crippen LogP contribution in [0.15, 0.2) is 18.2 Å². The molecule has 0 bridgehead atoms. The van der Waals surface area contributed by atoms with Crippen molar-refractivity contribution in [2.75, 3.05) is 17.5 Å². The molecule has 6 heteroatoms. The Morgan fingerprint density at radius 2 is 2.00 bits per heavy atom. The maximum atomic E-state index is 12.0. The third-order valence-corrected chi connectivity index (χ3v) is 3.93. The highest BCUT2D eigenvalue weighted by Gasteiger charge is 2.22. The Morgan fingerprint density at radius 3 is 2.60 bits per heavy atom. The number of hydrogen-bond acceptors (Lipinski definition) is 3. The van der Waals surface area contributed by atoms with Gasteiger partial charge in [0.1, 0.15) is 0 Å². The number of nitrogens with zero attached hydrogens (tertiary/aromatic N) is 1. The van der Waals surface area contributed by atoms with E-state index in [1.807, 2.05) is 30.9 Å². The maximum Gasteiger partial charge on any atom is 0.229 e. The minimum absolute atomic E-state index is 0.0196. The van der Waals surface area contributed by atoms with Crippen LogP contribution in [0.3, 0.4) is 0 Å². The van der Waals surface area contributed by atoms with E-state index >= 15 is 0 Å². The molecule has 1 heterocycles. The predicted molar refractivity (Wildman–Crippen MR) is 78.9 cm³/mol. The molecule has 5 nitrogen and oxygen atoms in total. The van der Waals surface area contributed by atoms with Crippen LogP contribution in [0.2, 0.25) is 0 Å². The van der Waals surface area contributed by atoms with Crippen molar-refractivity contribution in [2.24, 2.45) is 5.92 Å². The van der Waals surface area contributed by atoms with E-state index in [9.17, 15) is 13.2 Å². The molecular weight excluding hydrogens is 276 g/mol. The minimum Gasteiger partial charge on any atom is -0.338 e. The lowest BCUT2D eigenvalue weighted by atomic mass is 9.98. The molecule has 20 heavy (non-hydrogen) atoms. The highest BCUT2D eigenvalue weighted by atomic mass is 32.2. The molecule has 0 saturated heterocycles. The number of benzene rings is 1. The van der Waals surface area contributed by atoms with E-state index in [0.29, 0.717) is 12.2 Å². The molecule has 0 aliphatic carbocycles. The smallest absolute Gasteiger partial charge is 0.229 e. The van der Waals surface area contributed by atoms with Crippen LogP contribution < -0.4 is 4.72 Å². The Balaban J connectivity index is 2.22. The number of anilines is 1. The van der Waals surface area contributed by atoms with Crippen LogP contribution in [0.1, 0.15) is 25.0 Å². The maximum absolute atomic E-state index is 12.0. The highest BCUT2D eigenvalue weighted by molar-refractivity contribution is 7.92. The standard InChI is InChI=1S/C14H20N2O3S/c1-10(2)14(17)16-7-6-11-4-5-13(8-12(11)9-16)15-20(3,18)19/h4-5,8,10,15H,6-7,9H2,1-3H3. The average molecular weight is 296 g/mol. The van der Waals surface area contributed by atoms with Gasteiger partial charge < -0.3 is 4.90 Å². The van der Waals surface area contributed by atoms with Crippen LogP contribution >= 0.6 is 0 Å². The van der Waals surface area contributed by atoms with Gasteiger partial charge in [-0.15, -0.1) is 0 Å². The summed E-state index contributed by atoms with van der Waals surface area (Å²) in [5.41, 5.74) is 2.74. The van der Waals surface area contributed by atoms with Crippen molar-refractivity contribution in [3.63, 3.8) is 0 Å². The fourth-order valence-corrected chi connectivity index (χ4v) is 2.94. The van der Waals surface area contributed by atoms with Crippen molar-refractivity contribution >= 4 is 21.6 Å². The van der Waals surface area contributed by atoms with Gasteiger partial charge >= 0.3 is 0 Å². The van der Waals surface area contributed by atoms with Gasteiger partial charge in [-0.05, 0) is 29.7 Å². The zero-order valence-electron chi connectivity index (χ0n) is 12.0. The molecule has 1 aliphatic rings. The first-order valence-electron chi connectivity index (χ1n) is 6.64. The Hall–Kier alpha value is -1.56. The van der Waals surface area contributed by atoms with Crippen molar-refractivity contribution in [3.8, 4) is 0 Å². The van der Waals surface area contributed by atoms with E-state index in [-0.39, 0.29) is 11.8 Å². The Bertz CT molecular complexity index is 623. The van der Waals surface area contributed by atoms with E-state index in [4.69, 9.17) is 0 Å². The number of hydrogen-bond donors (Lipinski definition) is 1. The topological polar surface area (TPSA) is 66.5 Å². The first-order valence-corrected chi connectivity index (χ1v) is 8.54. The monoisotopic (exact) mass is 296 g/mol. The number of carbonyl (C=O) groups excluding carboxylic acids is 1. The molecule has 1 N–H and O–H groups in total. The van der Waals surface area contributed by atoms with Crippen LogP contribution in [-0.4, -0.2) is 32.0 Å². The lowest BCUT2D eigenvalue weighted by Gasteiger charge is -2.30. The first kappa shape index (κ1) is 14.8. The first-order chi connectivity index (χ1) is 9.26. The largest absolute Gasteiger partial charge is 0.338 e. The summed E-state index contributed by atoms with van der Waals surface area (Å²) in [4.78, 5) is 13.9. The van der Waals surface area contributed by atoms with E-state index in [1.54, 1.807) is 6.07 Å². The van der Waals surface area contributed by atoms with Gasteiger partial charge in [0.15, 0.2) is 0 Å². The van der Waals surface area contributed by atoms with Crippen molar-refractivity contribution in [2.45, 2.75) is 26.8 Å². The molecule has 1 aromatic rings. The van der Waals surface area contributed by atoms with Crippen molar-refractivity contribution in [1.29, 1.82) is 0 Å². The van der Waals surface area contributed by atoms with Gasteiger partial charge in [-0.3, -0.25) is 9.52 Å². The number of carbonyl (C=O) groups is 1. The quantitative estimate of drug-likeness (QED) is 0.921. The molecule has 0 radical (unpaired) electrons. The molecule has 0 atom stereocenters. The van der Waals surface area contributed by atoms with Crippen molar-refractivity contribution in [1.82, 2.24) is 4.90 Å². The Kier molecular flexibility index (Phi) is 4.04. The van der Waals surface area contributed by atoms with Gasteiger partial charge in [-0.25, -0.2) is 8.42 Å². The second kappa shape index (κ2) is 5.44. The van der Waals surface area contributed by atoms with Crippen molar-refractivity contribution in [3.05, 3.63) is 29.3 Å². The zero-order chi connectivity index (χ0) is 14.9. The summed E-state index contributed by atoms with van der Waals surface area (Å²) >= 11 is 0. The third kappa shape index (κ3) is 3.50. The van der Waals surface area contributed by atoms with Crippen LogP contribution in [-0.2, 0) is 27.8 Å². The Labute approximate surface area is 120 Å². The lowest BCUT2D eigenvalue weighted by molar-refractivity contribution is -0.135. The molecule has 1 amide bonds. The molecule has 1 aromatic carbocycles. The zero-order valence-corrected chi connectivity index (χ0v) is 12.8. The third-order valence-electron chi connectivity index (χ3n) is 3.33. The SMILES string of the molecule is CC(C)C(=O)N1CCc2ccc(NS(C)(=O)=O)cc2C1. The highest BCUT2D eigenvalue weighted by Crippen LogP contribution is 2.24. The fourth-order valence-electron chi connectivity index (χ4n) is 2.39.